The number of methoxy groups -OCH3 is 1. The molecule has 1 aromatic carbocycles. The number of benzene rings is 1. The molecule has 0 unspecified atom stereocenters. The summed E-state index contributed by atoms with van der Waals surface area (Å²) < 4.78 is 7.33. The Morgan fingerprint density at radius 2 is 1.69 bits per heavy atom. The van der Waals surface area contributed by atoms with Crippen molar-refractivity contribution in [3.63, 3.8) is 0 Å². The Labute approximate surface area is 190 Å². The average molecular weight is 439 g/mol. The zero-order chi connectivity index (χ0) is 23.1. The molecule has 0 radical (unpaired) electrons. The molecule has 2 aromatic rings. The zero-order valence-corrected chi connectivity index (χ0v) is 19.7. The lowest BCUT2D eigenvalue weighted by Crippen LogP contribution is -2.41. The van der Waals surface area contributed by atoms with Crippen molar-refractivity contribution >= 4 is 17.6 Å². The average Bonchev–Trinajstić information content (AvgIpc) is 3.06. The minimum Gasteiger partial charge on any atom is -0.367 e. The Kier molecular flexibility index (Phi) is 5.88. The Morgan fingerprint density at radius 3 is 2.25 bits per heavy atom. The first-order chi connectivity index (χ1) is 15.2. The maximum absolute atomic E-state index is 13.1. The highest BCUT2D eigenvalue weighted by Gasteiger charge is 2.68. The maximum Gasteiger partial charge on any atom is 0.259 e. The molecule has 1 N–H and O–H groups in total. The quantitative estimate of drug-likeness (QED) is 0.738. The van der Waals surface area contributed by atoms with Crippen molar-refractivity contribution < 1.29 is 14.3 Å². The van der Waals surface area contributed by atoms with Gasteiger partial charge in [-0.15, -0.1) is 0 Å². The van der Waals surface area contributed by atoms with E-state index >= 15 is 0 Å². The van der Waals surface area contributed by atoms with Gasteiger partial charge in [0.15, 0.2) is 6.10 Å². The van der Waals surface area contributed by atoms with Crippen molar-refractivity contribution in [2.75, 3.05) is 25.5 Å². The molecule has 2 amide bonds. The van der Waals surface area contributed by atoms with Gasteiger partial charge in [0.25, 0.3) is 5.91 Å². The topological polar surface area (TPSA) is 76.5 Å². The molecule has 2 heterocycles. The number of likely N-dealkylation sites (tertiary alicyclic amines) is 1. The van der Waals surface area contributed by atoms with Crippen molar-refractivity contribution in [1.82, 2.24) is 14.7 Å². The van der Waals surface area contributed by atoms with Crippen LogP contribution < -0.4 is 5.32 Å². The molecule has 32 heavy (non-hydrogen) atoms. The van der Waals surface area contributed by atoms with Gasteiger partial charge in [0.2, 0.25) is 5.91 Å². The van der Waals surface area contributed by atoms with Crippen LogP contribution in [0.5, 0.6) is 0 Å². The van der Waals surface area contributed by atoms with E-state index in [0.29, 0.717) is 18.9 Å². The number of carbonyl (C=O) groups is 2. The number of nitrogens with one attached hydrogen (secondary N) is 1. The molecular weight excluding hydrogens is 404 g/mol. The molecule has 1 saturated heterocycles. The minimum absolute atomic E-state index is 0.0526. The summed E-state index contributed by atoms with van der Waals surface area (Å²) in [6.45, 7) is 10.2. The summed E-state index contributed by atoms with van der Waals surface area (Å²) in [5.41, 5.74) is 0.907. The number of carbonyl (C=O) groups excluding carboxylic acids is 2. The summed E-state index contributed by atoms with van der Waals surface area (Å²) in [6.07, 6.45) is 2.64. The SMILES string of the molecule is CO[C@H](C(=O)Nc1ccnn1C1CCN(C(=O)C2C(C)(C)C2(C)C)CC1)c1ccccc1. The third-order valence-electron chi connectivity index (χ3n) is 7.89. The summed E-state index contributed by atoms with van der Waals surface area (Å²) in [7, 11) is 1.53. The summed E-state index contributed by atoms with van der Waals surface area (Å²) in [5, 5.41) is 7.45. The van der Waals surface area contributed by atoms with Crippen molar-refractivity contribution in [3.05, 3.63) is 48.2 Å². The first-order valence-corrected chi connectivity index (χ1v) is 11.4. The number of nitrogens with zero attached hydrogens (tertiary/aromatic N) is 3. The van der Waals surface area contributed by atoms with Crippen molar-refractivity contribution in [3.8, 4) is 0 Å². The molecule has 172 valence electrons. The van der Waals surface area contributed by atoms with Gasteiger partial charge in [-0.05, 0) is 29.2 Å². The van der Waals surface area contributed by atoms with E-state index in [2.05, 4.69) is 38.1 Å². The van der Waals surface area contributed by atoms with Crippen LogP contribution in [0.25, 0.3) is 0 Å². The molecule has 1 atom stereocenters. The molecule has 4 rings (SSSR count). The lowest BCUT2D eigenvalue weighted by Gasteiger charge is -2.33. The summed E-state index contributed by atoms with van der Waals surface area (Å²) in [4.78, 5) is 28.0. The molecule has 0 bridgehead atoms. The van der Waals surface area contributed by atoms with Crippen LogP contribution in [0.3, 0.4) is 0 Å². The van der Waals surface area contributed by atoms with E-state index in [0.717, 1.165) is 18.4 Å². The molecule has 2 fully saturated rings. The Morgan fingerprint density at radius 1 is 1.06 bits per heavy atom. The molecule has 1 aromatic heterocycles. The van der Waals surface area contributed by atoms with Gasteiger partial charge < -0.3 is 15.0 Å². The van der Waals surface area contributed by atoms with Crippen LogP contribution in [0.15, 0.2) is 42.6 Å². The predicted molar refractivity (Wildman–Crippen MR) is 123 cm³/mol. The molecule has 1 aliphatic heterocycles. The van der Waals surface area contributed by atoms with E-state index in [1.165, 1.54) is 7.11 Å². The first-order valence-electron chi connectivity index (χ1n) is 11.4. The Balaban J connectivity index is 1.38. The zero-order valence-electron chi connectivity index (χ0n) is 19.7. The fraction of sp³-hybridized carbons (Fsp3) is 0.560. The van der Waals surface area contributed by atoms with Gasteiger partial charge >= 0.3 is 0 Å². The number of hydrogen-bond donors (Lipinski definition) is 1. The number of ether oxygens (including phenoxy) is 1. The molecular formula is C25H34N4O3. The van der Waals surface area contributed by atoms with E-state index in [1.807, 2.05) is 46.0 Å². The Bertz CT molecular complexity index is 960. The standard InChI is InChI=1S/C25H34N4O3/c1-24(2)21(25(24,3)4)23(31)28-15-12-18(13-16-28)29-19(11-14-26-29)27-22(30)20(32-5)17-9-7-6-8-10-17/h6-11,14,18,20-21H,12-13,15-16H2,1-5H3,(H,27,30)/t20-/m0/s1. The smallest absolute Gasteiger partial charge is 0.259 e. The van der Waals surface area contributed by atoms with Crippen LogP contribution in [0, 0.1) is 16.7 Å². The van der Waals surface area contributed by atoms with Gasteiger partial charge in [-0.1, -0.05) is 58.0 Å². The number of amides is 2. The van der Waals surface area contributed by atoms with E-state index in [-0.39, 0.29) is 34.6 Å². The number of piperidine rings is 1. The van der Waals surface area contributed by atoms with Crippen molar-refractivity contribution in [1.29, 1.82) is 0 Å². The Hall–Kier alpha value is -2.67. The van der Waals surface area contributed by atoms with Crippen LogP contribution in [0.2, 0.25) is 0 Å². The highest BCUT2D eigenvalue weighted by Crippen LogP contribution is 2.68. The van der Waals surface area contributed by atoms with Gasteiger partial charge in [0.05, 0.1) is 12.2 Å². The normalized spacial score (nSPS) is 21.2. The van der Waals surface area contributed by atoms with E-state index in [4.69, 9.17) is 4.74 Å². The van der Waals surface area contributed by atoms with Gasteiger partial charge in [-0.3, -0.25) is 9.59 Å². The lowest BCUT2D eigenvalue weighted by molar-refractivity contribution is -0.135. The van der Waals surface area contributed by atoms with E-state index in [9.17, 15) is 9.59 Å². The second kappa shape index (κ2) is 8.35. The highest BCUT2D eigenvalue weighted by atomic mass is 16.5. The molecule has 2 aliphatic rings. The van der Waals surface area contributed by atoms with Crippen LogP contribution in [-0.4, -0.2) is 46.7 Å². The number of hydrogen-bond acceptors (Lipinski definition) is 4. The third kappa shape index (κ3) is 3.83. The van der Waals surface area contributed by atoms with Crippen molar-refractivity contribution in [2.45, 2.75) is 52.7 Å². The fourth-order valence-corrected chi connectivity index (χ4v) is 5.25. The first kappa shape index (κ1) is 22.5. The minimum atomic E-state index is -0.690. The van der Waals surface area contributed by atoms with Gasteiger partial charge in [0, 0.05) is 32.2 Å². The summed E-state index contributed by atoms with van der Waals surface area (Å²) in [6, 6.07) is 11.4. The van der Waals surface area contributed by atoms with E-state index in [1.54, 1.807) is 6.20 Å². The van der Waals surface area contributed by atoms with Crippen LogP contribution in [0.4, 0.5) is 5.82 Å². The van der Waals surface area contributed by atoms with Gasteiger partial charge in [-0.25, -0.2) is 4.68 Å². The largest absolute Gasteiger partial charge is 0.367 e. The van der Waals surface area contributed by atoms with Gasteiger partial charge in [-0.2, -0.15) is 5.10 Å². The summed E-state index contributed by atoms with van der Waals surface area (Å²) in [5.74, 6) is 0.793. The van der Waals surface area contributed by atoms with Crippen LogP contribution in [0.1, 0.15) is 58.2 Å². The van der Waals surface area contributed by atoms with Crippen molar-refractivity contribution in [2.24, 2.45) is 16.7 Å². The predicted octanol–water partition coefficient (Wildman–Crippen LogP) is 4.06. The highest BCUT2D eigenvalue weighted by molar-refractivity contribution is 5.94. The molecule has 1 aliphatic carbocycles. The second-order valence-electron chi connectivity index (χ2n) is 10.1. The molecule has 0 spiro atoms. The number of aromatic nitrogens is 2. The lowest BCUT2D eigenvalue weighted by atomic mass is 10.0. The van der Waals surface area contributed by atoms with Crippen LogP contribution in [-0.2, 0) is 14.3 Å². The fourth-order valence-electron chi connectivity index (χ4n) is 5.25. The molecule has 1 saturated carbocycles. The molecule has 7 heteroatoms. The molecule has 7 nitrogen and oxygen atoms in total. The van der Waals surface area contributed by atoms with E-state index < -0.39 is 6.10 Å². The number of rotatable bonds is 6. The summed E-state index contributed by atoms with van der Waals surface area (Å²) >= 11 is 0. The second-order valence-corrected chi connectivity index (χ2v) is 10.1. The third-order valence-corrected chi connectivity index (χ3v) is 7.89. The maximum atomic E-state index is 13.1. The number of anilines is 1. The van der Waals surface area contributed by atoms with Gasteiger partial charge in [0.1, 0.15) is 5.82 Å². The monoisotopic (exact) mass is 438 g/mol. The van der Waals surface area contributed by atoms with Crippen LogP contribution >= 0.6 is 0 Å².